The number of halogens is 3. The van der Waals surface area contributed by atoms with E-state index in [-0.39, 0.29) is 28.3 Å². The first-order chi connectivity index (χ1) is 16.3. The molecule has 0 unspecified atom stereocenters. The minimum Gasteiger partial charge on any atom is -0.373 e. The van der Waals surface area contributed by atoms with Gasteiger partial charge in [-0.15, -0.1) is 0 Å². The molecule has 2 atom stereocenters. The maximum Gasteiger partial charge on any atom is 0.182 e. The van der Waals surface area contributed by atoms with Crippen LogP contribution in [0.15, 0.2) is 30.5 Å². The van der Waals surface area contributed by atoms with Crippen molar-refractivity contribution in [2.45, 2.75) is 45.6 Å². The summed E-state index contributed by atoms with van der Waals surface area (Å²) in [6.45, 7) is 6.10. The van der Waals surface area contributed by atoms with Crippen molar-refractivity contribution in [2.24, 2.45) is 0 Å². The molecule has 0 N–H and O–H groups in total. The molecular formula is C25H22ClF2N5O. The van der Waals surface area contributed by atoms with Crippen molar-refractivity contribution in [3.8, 4) is 11.3 Å². The Morgan fingerprint density at radius 3 is 2.56 bits per heavy atom. The summed E-state index contributed by atoms with van der Waals surface area (Å²) >= 11 is 5.78. The summed E-state index contributed by atoms with van der Waals surface area (Å²) in [6.07, 6.45) is 2.96. The lowest BCUT2D eigenvalue weighted by atomic mass is 9.91. The Morgan fingerprint density at radius 2 is 1.76 bits per heavy atom. The smallest absolute Gasteiger partial charge is 0.182 e. The quantitative estimate of drug-likeness (QED) is 0.335. The fourth-order valence-corrected chi connectivity index (χ4v) is 4.39. The van der Waals surface area contributed by atoms with Gasteiger partial charge in [0.2, 0.25) is 0 Å². The number of aromatic nitrogens is 5. The van der Waals surface area contributed by atoms with Gasteiger partial charge in [-0.25, -0.2) is 28.7 Å². The van der Waals surface area contributed by atoms with Gasteiger partial charge in [-0.3, -0.25) is 4.98 Å². The summed E-state index contributed by atoms with van der Waals surface area (Å²) in [4.78, 5) is 22.8. The summed E-state index contributed by atoms with van der Waals surface area (Å²) in [6, 6.07) is 6.67. The lowest BCUT2D eigenvalue weighted by Crippen LogP contribution is -2.21. The van der Waals surface area contributed by atoms with Crippen LogP contribution in [0.25, 0.3) is 22.4 Å². The van der Waals surface area contributed by atoms with Crippen molar-refractivity contribution in [1.82, 2.24) is 24.9 Å². The van der Waals surface area contributed by atoms with E-state index in [1.54, 1.807) is 13.1 Å². The van der Waals surface area contributed by atoms with Crippen LogP contribution in [0.2, 0.25) is 5.02 Å². The Balaban J connectivity index is 1.64. The highest BCUT2D eigenvalue weighted by atomic mass is 35.5. The second kappa shape index (κ2) is 8.92. The first kappa shape index (κ1) is 22.7. The van der Waals surface area contributed by atoms with Gasteiger partial charge in [-0.2, -0.15) is 0 Å². The van der Waals surface area contributed by atoms with Gasteiger partial charge in [-0.05, 0) is 63.4 Å². The van der Waals surface area contributed by atoms with Gasteiger partial charge >= 0.3 is 0 Å². The molecule has 0 bridgehead atoms. The average molecular weight is 482 g/mol. The van der Waals surface area contributed by atoms with E-state index in [1.165, 1.54) is 12.1 Å². The third-order valence-corrected chi connectivity index (χ3v) is 6.48. The van der Waals surface area contributed by atoms with Crippen LogP contribution < -0.4 is 0 Å². The highest BCUT2D eigenvalue weighted by Gasteiger charge is 2.29. The number of aryl methyl sites for hydroxylation is 3. The van der Waals surface area contributed by atoms with E-state index < -0.39 is 11.6 Å². The van der Waals surface area contributed by atoms with Crippen LogP contribution >= 0.6 is 11.6 Å². The third kappa shape index (κ3) is 4.12. The Morgan fingerprint density at radius 1 is 0.971 bits per heavy atom. The topological polar surface area (TPSA) is 73.7 Å². The Kier molecular flexibility index (Phi) is 5.95. The molecule has 1 aliphatic rings. The van der Waals surface area contributed by atoms with Crippen LogP contribution in [0.4, 0.5) is 8.78 Å². The van der Waals surface area contributed by atoms with E-state index >= 15 is 0 Å². The Hall–Kier alpha value is -3.10. The molecule has 6 nitrogen and oxygen atoms in total. The van der Waals surface area contributed by atoms with Crippen LogP contribution in [0.5, 0.6) is 0 Å². The van der Waals surface area contributed by atoms with Gasteiger partial charge in [0.1, 0.15) is 17.0 Å². The molecular weight excluding hydrogens is 460 g/mol. The molecule has 1 aliphatic heterocycles. The molecule has 4 aromatic rings. The zero-order valence-corrected chi connectivity index (χ0v) is 19.7. The molecule has 0 aliphatic carbocycles. The molecule has 34 heavy (non-hydrogen) atoms. The number of benzene rings is 1. The number of nitrogens with zero attached hydrogens (tertiary/aromatic N) is 5. The number of ether oxygens (including phenoxy) is 1. The summed E-state index contributed by atoms with van der Waals surface area (Å²) in [7, 11) is 0. The summed E-state index contributed by atoms with van der Waals surface area (Å²) in [5.41, 5.74) is 4.17. The van der Waals surface area contributed by atoms with E-state index in [0.29, 0.717) is 47.8 Å². The minimum absolute atomic E-state index is 0.0264. The number of rotatable bonds is 3. The molecule has 3 aromatic heterocycles. The first-order valence-corrected chi connectivity index (χ1v) is 11.4. The Bertz CT molecular complexity index is 1410. The normalized spacial score (nSPS) is 18.4. The number of fused-ring (bicyclic) bond motifs is 1. The zero-order chi connectivity index (χ0) is 24.0. The van der Waals surface area contributed by atoms with E-state index in [2.05, 4.69) is 15.0 Å². The molecule has 0 saturated carbocycles. The summed E-state index contributed by atoms with van der Waals surface area (Å²) in [5.74, 6) is -1.74. The van der Waals surface area contributed by atoms with E-state index in [1.807, 2.05) is 26.0 Å². The van der Waals surface area contributed by atoms with Gasteiger partial charge < -0.3 is 4.74 Å². The number of hydrogen-bond donors (Lipinski definition) is 0. The van der Waals surface area contributed by atoms with Crippen molar-refractivity contribution in [2.75, 3.05) is 6.61 Å². The summed E-state index contributed by atoms with van der Waals surface area (Å²) in [5, 5.41) is -0.294. The van der Waals surface area contributed by atoms with Crippen LogP contribution in [-0.2, 0) is 4.74 Å². The van der Waals surface area contributed by atoms with Gasteiger partial charge in [0.15, 0.2) is 17.3 Å². The molecule has 9 heteroatoms. The third-order valence-electron chi connectivity index (χ3n) is 6.19. The molecule has 0 spiro atoms. The van der Waals surface area contributed by atoms with Crippen LogP contribution in [0, 0.1) is 32.4 Å². The van der Waals surface area contributed by atoms with Gasteiger partial charge in [0.25, 0.3) is 0 Å². The highest BCUT2D eigenvalue weighted by Crippen LogP contribution is 2.38. The molecule has 0 radical (unpaired) electrons. The highest BCUT2D eigenvalue weighted by molar-refractivity contribution is 6.30. The van der Waals surface area contributed by atoms with Crippen LogP contribution in [0.3, 0.4) is 0 Å². The minimum atomic E-state index is -1.12. The largest absolute Gasteiger partial charge is 0.373 e. The lowest BCUT2D eigenvalue weighted by Gasteiger charge is -2.29. The predicted octanol–water partition coefficient (Wildman–Crippen LogP) is 5.97. The lowest BCUT2D eigenvalue weighted by molar-refractivity contribution is 0.00393. The first-order valence-electron chi connectivity index (χ1n) is 11.0. The monoisotopic (exact) mass is 481 g/mol. The molecule has 5 rings (SSSR count). The number of pyridine rings is 1. The van der Waals surface area contributed by atoms with Gasteiger partial charge in [-0.1, -0.05) is 11.6 Å². The van der Waals surface area contributed by atoms with Crippen LogP contribution in [-0.4, -0.2) is 31.5 Å². The van der Waals surface area contributed by atoms with Gasteiger partial charge in [0, 0.05) is 30.0 Å². The fourth-order valence-electron chi connectivity index (χ4n) is 4.24. The second-order valence-corrected chi connectivity index (χ2v) is 8.94. The van der Waals surface area contributed by atoms with Crippen LogP contribution in [0.1, 0.15) is 53.3 Å². The second-order valence-electron chi connectivity index (χ2n) is 8.53. The molecule has 0 amide bonds. The molecule has 4 heterocycles. The van der Waals surface area contributed by atoms with Crippen molar-refractivity contribution in [1.29, 1.82) is 0 Å². The van der Waals surface area contributed by atoms with E-state index in [0.717, 1.165) is 11.3 Å². The number of hydrogen-bond acceptors (Lipinski definition) is 6. The Labute approximate surface area is 200 Å². The maximum atomic E-state index is 15.0. The van der Waals surface area contributed by atoms with Crippen molar-refractivity contribution in [3.05, 3.63) is 75.6 Å². The zero-order valence-electron chi connectivity index (χ0n) is 18.9. The van der Waals surface area contributed by atoms with E-state index in [4.69, 9.17) is 26.3 Å². The molecule has 1 saturated heterocycles. The standard InChI is InChI=1S/C25H22ClF2N5O/c1-12-10-15(6-8-29-12)19-11-16(7-9-34-19)24-32-22(17-4-5-18(26)21(28)20(17)27)23-25(33-24)31-14(3)13(2)30-23/h4-6,8,10,16,19H,7,9,11H2,1-3H3/t16-,19+/m0/s1. The van der Waals surface area contributed by atoms with Crippen molar-refractivity contribution >= 4 is 22.8 Å². The van der Waals surface area contributed by atoms with Gasteiger partial charge in [0.05, 0.1) is 22.5 Å². The molecule has 1 fully saturated rings. The molecule has 174 valence electrons. The maximum absolute atomic E-state index is 15.0. The molecule has 1 aromatic carbocycles. The van der Waals surface area contributed by atoms with E-state index in [9.17, 15) is 8.78 Å². The SMILES string of the molecule is Cc1cc([C@H]2C[C@@H](c3nc(-c4ccc(Cl)c(F)c4F)c4nc(C)c(C)nc4n3)CCO2)ccn1. The predicted molar refractivity (Wildman–Crippen MR) is 125 cm³/mol. The average Bonchev–Trinajstić information content (AvgIpc) is 2.83. The summed E-state index contributed by atoms with van der Waals surface area (Å²) < 4.78 is 35.3. The van der Waals surface area contributed by atoms with Crippen molar-refractivity contribution < 1.29 is 13.5 Å². The van der Waals surface area contributed by atoms with Crippen molar-refractivity contribution in [3.63, 3.8) is 0 Å². The fraction of sp³-hybridized carbons (Fsp3) is 0.320.